The Morgan fingerprint density at radius 1 is 1.12 bits per heavy atom. The summed E-state index contributed by atoms with van der Waals surface area (Å²) in [6.07, 6.45) is 12.9. The number of anilines is 1. The van der Waals surface area contributed by atoms with Gasteiger partial charge in [0.25, 0.3) is 0 Å². The fourth-order valence-electron chi connectivity index (χ4n) is 5.42. The summed E-state index contributed by atoms with van der Waals surface area (Å²) in [6.45, 7) is 11.5. The van der Waals surface area contributed by atoms with Crippen LogP contribution in [0.1, 0.15) is 90.0 Å². The second-order valence-electron chi connectivity index (χ2n) is 9.37. The first-order chi connectivity index (χ1) is 16.5. The highest BCUT2D eigenvalue weighted by Crippen LogP contribution is 2.49. The summed E-state index contributed by atoms with van der Waals surface area (Å²) >= 11 is 1.86. The maximum absolute atomic E-state index is 13.6. The Kier molecular flexibility index (Phi) is 9.29. The summed E-state index contributed by atoms with van der Waals surface area (Å²) in [6, 6.07) is 4.53. The predicted octanol–water partition coefficient (Wildman–Crippen LogP) is 6.91. The number of nitrogens with zero attached hydrogens (tertiary/aromatic N) is 2. The van der Waals surface area contributed by atoms with E-state index in [1.807, 2.05) is 29.1 Å². The zero-order chi connectivity index (χ0) is 24.7. The second kappa shape index (κ2) is 12.0. The maximum atomic E-state index is 13.6. The Bertz CT molecular complexity index is 1040. The molecule has 3 heterocycles. The van der Waals surface area contributed by atoms with Crippen LogP contribution in [-0.2, 0) is 16.6 Å². The number of allylic oxidation sites excluding steroid dienone is 1. The van der Waals surface area contributed by atoms with E-state index in [2.05, 4.69) is 68.5 Å². The molecule has 186 valence electrons. The molecule has 4 rings (SSSR count). The smallest absolute Gasteiger partial charge is 0.237 e. The number of thioether (sulfide) groups is 1. The van der Waals surface area contributed by atoms with E-state index < -0.39 is 0 Å². The summed E-state index contributed by atoms with van der Waals surface area (Å²) in [5, 5.41) is 5.61. The average molecular weight is 483 g/mol. The number of benzene rings is 1. The number of nitrogens with one attached hydrogen (secondary N) is 2. The van der Waals surface area contributed by atoms with Crippen LogP contribution in [0.25, 0.3) is 10.9 Å². The molecule has 0 atom stereocenters. The van der Waals surface area contributed by atoms with Crippen molar-refractivity contribution in [2.45, 2.75) is 85.0 Å². The van der Waals surface area contributed by atoms with Gasteiger partial charge in [-0.3, -0.25) is 10.2 Å². The van der Waals surface area contributed by atoms with Crippen molar-refractivity contribution in [2.75, 3.05) is 23.5 Å². The number of H-pyrrole nitrogens is 1. The number of aryl methyl sites for hydroxylation is 1. The highest BCUT2D eigenvalue weighted by molar-refractivity contribution is 7.98. The van der Waals surface area contributed by atoms with Gasteiger partial charge in [-0.15, -0.1) is 0 Å². The lowest BCUT2D eigenvalue weighted by Gasteiger charge is -2.28. The third-order valence-electron chi connectivity index (χ3n) is 7.05. The molecule has 0 radical (unpaired) electrons. The molecule has 0 saturated heterocycles. The van der Waals surface area contributed by atoms with Gasteiger partial charge in [-0.2, -0.15) is 16.9 Å². The molecule has 0 unspecified atom stereocenters. The van der Waals surface area contributed by atoms with Gasteiger partial charge in [0, 0.05) is 29.3 Å². The first kappa shape index (κ1) is 26.4. The molecule has 34 heavy (non-hydrogen) atoms. The molecule has 2 aromatic rings. The quantitative estimate of drug-likeness (QED) is 0.470. The van der Waals surface area contributed by atoms with Gasteiger partial charge in [0.1, 0.15) is 0 Å². The third kappa shape index (κ3) is 5.07. The van der Waals surface area contributed by atoms with Crippen LogP contribution in [0.2, 0.25) is 0 Å². The van der Waals surface area contributed by atoms with E-state index in [0.29, 0.717) is 12.5 Å². The van der Waals surface area contributed by atoms with E-state index in [1.54, 1.807) is 0 Å². The first-order valence-corrected chi connectivity index (χ1v) is 14.3. The van der Waals surface area contributed by atoms with Gasteiger partial charge >= 0.3 is 0 Å². The molecule has 0 saturated carbocycles. The summed E-state index contributed by atoms with van der Waals surface area (Å²) in [4.78, 5) is 19.2. The molecule has 2 N–H and O–H groups in total. The number of fused-ring (bicyclic) bond motifs is 4. The number of aromatic amines is 1. The summed E-state index contributed by atoms with van der Waals surface area (Å²) in [5.41, 5.74) is 9.79. The van der Waals surface area contributed by atoms with Gasteiger partial charge in [-0.05, 0) is 81.2 Å². The molecule has 0 spiro atoms. The fourth-order valence-corrected chi connectivity index (χ4v) is 5.42. The standard InChI is InChI=1S/C25H34N4O.C3H8S/c1-5-11-25(12-6-2)20-14-21-19(13-23(20)29(7-3)24(25)30)18-10-8-9-17(4)15-26-27-16-22(18)28-21;1-3-4-2/h13-16,26,28H,5-12H2,1-4H3;3H2,1-2H3/b17-15+,27-16+;. The van der Waals surface area contributed by atoms with Gasteiger partial charge < -0.3 is 9.88 Å². The number of hydrazone groups is 1. The van der Waals surface area contributed by atoms with Crippen LogP contribution < -0.4 is 10.3 Å². The third-order valence-corrected chi connectivity index (χ3v) is 7.63. The van der Waals surface area contributed by atoms with Crippen LogP contribution in [0, 0.1) is 0 Å². The van der Waals surface area contributed by atoms with Crippen LogP contribution in [0.4, 0.5) is 5.69 Å². The zero-order valence-electron chi connectivity index (χ0n) is 21.9. The van der Waals surface area contributed by atoms with Crippen molar-refractivity contribution in [2.24, 2.45) is 5.10 Å². The second-order valence-corrected chi connectivity index (χ2v) is 10.5. The number of amides is 1. The number of aromatic nitrogens is 1. The van der Waals surface area contributed by atoms with Crippen LogP contribution >= 0.6 is 11.8 Å². The number of likely N-dealkylation sites (N-methyl/N-ethyl adjacent to an activating group) is 1. The molecule has 1 amide bonds. The lowest BCUT2D eigenvalue weighted by molar-refractivity contribution is -0.123. The molecule has 0 aliphatic carbocycles. The van der Waals surface area contributed by atoms with Crippen molar-refractivity contribution in [3.63, 3.8) is 0 Å². The minimum Gasteiger partial charge on any atom is -0.353 e. The molecule has 2 aliphatic heterocycles. The Morgan fingerprint density at radius 2 is 1.82 bits per heavy atom. The van der Waals surface area contributed by atoms with Gasteiger partial charge in [0.2, 0.25) is 5.91 Å². The predicted molar refractivity (Wildman–Crippen MR) is 149 cm³/mol. The SMILES string of the molecule is CCCC1(CCC)C(=O)N(CC)c2cc3c4c([nH]c3cc21)/C=N/N/C=C(\C)CCC4.CCSC. The molecule has 0 fully saturated rings. The molecular formula is C28H42N4OS. The van der Waals surface area contributed by atoms with Crippen molar-refractivity contribution < 1.29 is 4.79 Å². The molecule has 0 bridgehead atoms. The van der Waals surface area contributed by atoms with Crippen molar-refractivity contribution in [1.29, 1.82) is 0 Å². The summed E-state index contributed by atoms with van der Waals surface area (Å²) in [5.74, 6) is 1.53. The summed E-state index contributed by atoms with van der Waals surface area (Å²) < 4.78 is 0. The molecule has 1 aromatic carbocycles. The van der Waals surface area contributed by atoms with Crippen molar-refractivity contribution >= 4 is 40.5 Å². The number of carbonyl (C=O) groups excluding carboxylic acids is 1. The van der Waals surface area contributed by atoms with Crippen LogP contribution in [-0.4, -0.2) is 35.7 Å². The Labute approximate surface area is 209 Å². The van der Waals surface area contributed by atoms with E-state index in [4.69, 9.17) is 0 Å². The van der Waals surface area contributed by atoms with Gasteiger partial charge in [-0.25, -0.2) is 0 Å². The van der Waals surface area contributed by atoms with Gasteiger partial charge in [-0.1, -0.05) is 39.2 Å². The van der Waals surface area contributed by atoms with Crippen LogP contribution in [0.3, 0.4) is 0 Å². The molecule has 5 nitrogen and oxygen atoms in total. The van der Waals surface area contributed by atoms with E-state index in [-0.39, 0.29) is 5.41 Å². The maximum Gasteiger partial charge on any atom is 0.237 e. The number of hydrogen-bond donors (Lipinski definition) is 2. The Morgan fingerprint density at radius 3 is 2.44 bits per heavy atom. The zero-order valence-corrected chi connectivity index (χ0v) is 22.7. The molecule has 6 heteroatoms. The van der Waals surface area contributed by atoms with Crippen molar-refractivity contribution in [1.82, 2.24) is 10.4 Å². The number of hydrogen-bond acceptors (Lipinski definition) is 4. The molecular weight excluding hydrogens is 440 g/mol. The first-order valence-electron chi connectivity index (χ1n) is 12.9. The largest absolute Gasteiger partial charge is 0.353 e. The monoisotopic (exact) mass is 482 g/mol. The fraction of sp³-hybridized carbons (Fsp3) is 0.571. The van der Waals surface area contributed by atoms with Gasteiger partial charge in [0.15, 0.2) is 0 Å². The molecule has 2 aliphatic rings. The van der Waals surface area contributed by atoms with E-state index in [9.17, 15) is 4.79 Å². The van der Waals surface area contributed by atoms with E-state index in [0.717, 1.165) is 61.8 Å². The topological polar surface area (TPSA) is 60.5 Å². The highest BCUT2D eigenvalue weighted by Gasteiger charge is 2.49. The lowest BCUT2D eigenvalue weighted by Crippen LogP contribution is -2.40. The Hall–Kier alpha value is -2.21. The Balaban J connectivity index is 0.000000751. The van der Waals surface area contributed by atoms with E-state index >= 15 is 0 Å². The summed E-state index contributed by atoms with van der Waals surface area (Å²) in [7, 11) is 0. The minimum absolute atomic E-state index is 0.291. The van der Waals surface area contributed by atoms with Crippen molar-refractivity contribution in [3.05, 3.63) is 40.7 Å². The van der Waals surface area contributed by atoms with Crippen LogP contribution in [0.15, 0.2) is 29.0 Å². The number of rotatable bonds is 6. The molecule has 1 aromatic heterocycles. The highest BCUT2D eigenvalue weighted by atomic mass is 32.2. The number of carbonyl (C=O) groups is 1. The van der Waals surface area contributed by atoms with Crippen molar-refractivity contribution in [3.8, 4) is 0 Å². The van der Waals surface area contributed by atoms with Crippen LogP contribution in [0.5, 0.6) is 0 Å². The lowest BCUT2D eigenvalue weighted by atomic mass is 9.74. The minimum atomic E-state index is -0.381. The van der Waals surface area contributed by atoms with E-state index in [1.165, 1.54) is 27.8 Å². The average Bonchev–Trinajstić information content (AvgIpc) is 3.28. The van der Waals surface area contributed by atoms with Gasteiger partial charge in [0.05, 0.1) is 17.3 Å². The normalized spacial score (nSPS) is 19.4.